The molecule has 0 aromatic carbocycles. The zero-order valence-corrected chi connectivity index (χ0v) is 8.52. The topological polar surface area (TPSA) is 76.2 Å². The molecule has 0 aliphatic rings. The van der Waals surface area contributed by atoms with Crippen molar-refractivity contribution in [2.45, 2.75) is 11.0 Å². The Labute approximate surface area is 83.3 Å². The van der Waals surface area contributed by atoms with Crippen molar-refractivity contribution in [1.82, 2.24) is 10.1 Å². The van der Waals surface area contributed by atoms with Crippen LogP contribution in [0.2, 0.25) is 0 Å². The number of thioether (sulfide) groups is 2. The lowest BCUT2D eigenvalue weighted by atomic mass is 10.7. The zero-order valence-electron chi connectivity index (χ0n) is 6.89. The molecular formula is C6H8N2O3S2. The number of hydrogen-bond acceptors (Lipinski definition) is 6. The second-order valence-electron chi connectivity index (χ2n) is 2.09. The molecule has 1 aromatic heterocycles. The largest absolute Gasteiger partial charge is 0.481 e. The molecule has 0 saturated carbocycles. The average molecular weight is 220 g/mol. The number of rotatable bonds is 5. The molecule has 0 bridgehead atoms. The fourth-order valence-corrected chi connectivity index (χ4v) is 1.49. The van der Waals surface area contributed by atoms with Gasteiger partial charge in [-0.3, -0.25) is 4.79 Å². The van der Waals surface area contributed by atoms with E-state index in [0.29, 0.717) is 16.8 Å². The molecule has 1 rings (SSSR count). The van der Waals surface area contributed by atoms with Crippen molar-refractivity contribution in [3.05, 3.63) is 5.82 Å². The third-order valence-corrected chi connectivity index (χ3v) is 2.39. The number of carboxylic acid groups (broad SMARTS) is 1. The van der Waals surface area contributed by atoms with E-state index in [1.54, 1.807) is 11.8 Å². The minimum atomic E-state index is -0.894. The summed E-state index contributed by atoms with van der Waals surface area (Å²) in [6, 6.07) is 0. The van der Waals surface area contributed by atoms with Crippen molar-refractivity contribution in [3.8, 4) is 0 Å². The Hall–Kier alpha value is -0.690. The molecule has 0 aliphatic carbocycles. The van der Waals surface area contributed by atoms with Crippen molar-refractivity contribution in [3.63, 3.8) is 0 Å². The number of carboxylic acids is 1. The Bertz CT molecular complexity index is 289. The third-order valence-electron chi connectivity index (χ3n) is 1.04. The molecule has 72 valence electrons. The number of aromatic nitrogens is 2. The highest BCUT2D eigenvalue weighted by Gasteiger charge is 2.07. The van der Waals surface area contributed by atoms with E-state index in [2.05, 4.69) is 10.1 Å². The maximum absolute atomic E-state index is 10.2. The maximum atomic E-state index is 10.2. The highest BCUT2D eigenvalue weighted by atomic mass is 32.2. The molecule has 0 radical (unpaired) electrons. The molecule has 1 aromatic rings. The van der Waals surface area contributed by atoms with Crippen LogP contribution < -0.4 is 0 Å². The second kappa shape index (κ2) is 5.13. The maximum Gasteiger partial charge on any atom is 0.314 e. The van der Waals surface area contributed by atoms with E-state index >= 15 is 0 Å². The first-order chi connectivity index (χ1) is 6.22. The molecule has 0 amide bonds. The van der Waals surface area contributed by atoms with Gasteiger partial charge in [0.2, 0.25) is 0 Å². The predicted molar refractivity (Wildman–Crippen MR) is 49.9 cm³/mol. The minimum Gasteiger partial charge on any atom is -0.481 e. The van der Waals surface area contributed by atoms with Crippen LogP contribution in [0, 0.1) is 0 Å². The van der Waals surface area contributed by atoms with Crippen LogP contribution in [0.15, 0.2) is 9.75 Å². The summed E-state index contributed by atoms with van der Waals surface area (Å²) >= 11 is 2.61. The molecule has 1 heterocycles. The van der Waals surface area contributed by atoms with Crippen LogP contribution in [0.4, 0.5) is 0 Å². The van der Waals surface area contributed by atoms with Gasteiger partial charge in [0.25, 0.3) is 5.22 Å². The van der Waals surface area contributed by atoms with Crippen LogP contribution in [0.5, 0.6) is 0 Å². The minimum absolute atomic E-state index is 0.0547. The number of aliphatic carboxylic acids is 1. The van der Waals surface area contributed by atoms with E-state index in [9.17, 15) is 4.79 Å². The lowest BCUT2D eigenvalue weighted by Gasteiger charge is -1.87. The molecular weight excluding hydrogens is 212 g/mol. The highest BCUT2D eigenvalue weighted by Crippen LogP contribution is 2.16. The Kier molecular flexibility index (Phi) is 4.10. The standard InChI is InChI=1S/C6H8N2O3S2/c1-12-2-4-7-6(11-8-4)13-3-5(9)10/h2-3H2,1H3,(H,9,10). The van der Waals surface area contributed by atoms with Crippen molar-refractivity contribution >= 4 is 29.5 Å². The fraction of sp³-hybridized carbons (Fsp3) is 0.500. The van der Waals surface area contributed by atoms with E-state index in [1.165, 1.54) is 0 Å². The monoisotopic (exact) mass is 220 g/mol. The van der Waals surface area contributed by atoms with Gasteiger partial charge in [0.15, 0.2) is 5.82 Å². The first-order valence-corrected chi connectivity index (χ1v) is 5.76. The van der Waals surface area contributed by atoms with E-state index in [1.807, 2.05) is 6.26 Å². The third kappa shape index (κ3) is 3.69. The van der Waals surface area contributed by atoms with Gasteiger partial charge in [0, 0.05) is 0 Å². The highest BCUT2D eigenvalue weighted by molar-refractivity contribution is 7.99. The summed E-state index contributed by atoms with van der Waals surface area (Å²) in [5, 5.41) is 12.3. The fourth-order valence-electron chi connectivity index (χ4n) is 0.608. The molecule has 7 heteroatoms. The smallest absolute Gasteiger partial charge is 0.314 e. The van der Waals surface area contributed by atoms with Gasteiger partial charge in [-0.1, -0.05) is 16.9 Å². The van der Waals surface area contributed by atoms with E-state index in [4.69, 9.17) is 9.63 Å². The van der Waals surface area contributed by atoms with E-state index in [-0.39, 0.29) is 5.75 Å². The first kappa shape index (κ1) is 10.4. The Morgan fingerprint density at radius 1 is 1.69 bits per heavy atom. The Balaban J connectivity index is 2.44. The quantitative estimate of drug-likeness (QED) is 0.745. The van der Waals surface area contributed by atoms with Crippen LogP contribution >= 0.6 is 23.5 Å². The molecule has 0 aliphatic heterocycles. The molecule has 0 saturated heterocycles. The van der Waals surface area contributed by atoms with Gasteiger partial charge < -0.3 is 9.63 Å². The van der Waals surface area contributed by atoms with Gasteiger partial charge in [0.05, 0.1) is 5.75 Å². The molecule has 0 unspecified atom stereocenters. The summed E-state index contributed by atoms with van der Waals surface area (Å²) in [4.78, 5) is 14.2. The van der Waals surface area contributed by atoms with Crippen molar-refractivity contribution in [1.29, 1.82) is 0 Å². The molecule has 0 spiro atoms. The van der Waals surface area contributed by atoms with Crippen molar-refractivity contribution in [2.24, 2.45) is 0 Å². The predicted octanol–water partition coefficient (Wildman–Crippen LogP) is 1.11. The summed E-state index contributed by atoms with van der Waals surface area (Å²) in [6.07, 6.45) is 1.93. The number of nitrogens with zero attached hydrogens (tertiary/aromatic N) is 2. The molecule has 13 heavy (non-hydrogen) atoms. The van der Waals surface area contributed by atoms with Gasteiger partial charge in [-0.15, -0.1) is 0 Å². The molecule has 0 atom stereocenters. The number of hydrogen-bond donors (Lipinski definition) is 1. The first-order valence-electron chi connectivity index (χ1n) is 3.38. The lowest BCUT2D eigenvalue weighted by molar-refractivity contribution is -0.133. The average Bonchev–Trinajstić information content (AvgIpc) is 2.50. The van der Waals surface area contributed by atoms with Crippen LogP contribution in [-0.2, 0) is 10.5 Å². The van der Waals surface area contributed by atoms with Gasteiger partial charge in [-0.25, -0.2) is 0 Å². The molecule has 1 N–H and O–H groups in total. The normalized spacial score (nSPS) is 10.2. The van der Waals surface area contributed by atoms with E-state index < -0.39 is 5.97 Å². The van der Waals surface area contributed by atoms with Crippen LogP contribution in [-0.4, -0.2) is 33.2 Å². The Morgan fingerprint density at radius 3 is 3.08 bits per heavy atom. The van der Waals surface area contributed by atoms with Crippen molar-refractivity contribution < 1.29 is 14.4 Å². The van der Waals surface area contributed by atoms with Crippen LogP contribution in [0.25, 0.3) is 0 Å². The summed E-state index contributed by atoms with van der Waals surface area (Å²) in [5.74, 6) is 0.327. The van der Waals surface area contributed by atoms with Crippen LogP contribution in [0.3, 0.4) is 0 Å². The second-order valence-corrected chi connectivity index (χ2v) is 3.88. The molecule has 0 fully saturated rings. The summed E-state index contributed by atoms with van der Waals surface area (Å²) in [5.41, 5.74) is 0. The van der Waals surface area contributed by atoms with Gasteiger partial charge in [0.1, 0.15) is 5.75 Å². The zero-order chi connectivity index (χ0) is 9.68. The van der Waals surface area contributed by atoms with E-state index in [0.717, 1.165) is 11.8 Å². The van der Waals surface area contributed by atoms with Gasteiger partial charge >= 0.3 is 5.97 Å². The van der Waals surface area contributed by atoms with Crippen LogP contribution in [0.1, 0.15) is 5.82 Å². The number of carbonyl (C=O) groups is 1. The molecule has 5 nitrogen and oxygen atoms in total. The summed E-state index contributed by atoms with van der Waals surface area (Å²) < 4.78 is 4.79. The van der Waals surface area contributed by atoms with Gasteiger partial charge in [-0.05, 0) is 6.26 Å². The SMILES string of the molecule is CSCc1noc(SCC(=O)O)n1. The summed E-state index contributed by atoms with van der Waals surface area (Å²) in [6.45, 7) is 0. The lowest BCUT2D eigenvalue weighted by Crippen LogP contribution is -1.97. The van der Waals surface area contributed by atoms with Gasteiger partial charge in [-0.2, -0.15) is 16.7 Å². The van der Waals surface area contributed by atoms with Crippen molar-refractivity contribution in [2.75, 3.05) is 12.0 Å². The Morgan fingerprint density at radius 2 is 2.46 bits per heavy atom. The summed E-state index contributed by atoms with van der Waals surface area (Å²) in [7, 11) is 0.